The molecule has 8 nitrogen and oxygen atoms in total. The van der Waals surface area contributed by atoms with Crippen LogP contribution >= 0.6 is 11.3 Å². The number of benzene rings is 1. The first kappa shape index (κ1) is 23.4. The molecule has 3 amide bonds. The molecule has 178 valence electrons. The molecule has 2 aromatic rings. The number of anilines is 2. The number of aromatic nitrogens is 1. The molecule has 1 saturated heterocycles. The second-order valence-corrected chi connectivity index (χ2v) is 9.48. The molecule has 2 heterocycles. The van der Waals surface area contributed by atoms with Crippen molar-refractivity contribution < 1.29 is 14.3 Å². The molecule has 2 fully saturated rings. The molecule has 0 unspecified atom stereocenters. The predicted molar refractivity (Wildman–Crippen MR) is 131 cm³/mol. The second-order valence-electron chi connectivity index (χ2n) is 8.62. The van der Waals surface area contributed by atoms with Gasteiger partial charge in [-0.3, -0.25) is 10.1 Å². The summed E-state index contributed by atoms with van der Waals surface area (Å²) in [5.74, 6) is 1.00. The topological polar surface area (TPSA) is 86.8 Å². The average molecular weight is 472 g/mol. The lowest BCUT2D eigenvalue weighted by atomic mass is 9.96. The number of piperazine rings is 1. The number of urea groups is 1. The van der Waals surface area contributed by atoms with Crippen molar-refractivity contribution in [2.75, 3.05) is 43.5 Å². The first-order chi connectivity index (χ1) is 16.1. The number of amides is 3. The fourth-order valence-electron chi connectivity index (χ4n) is 4.53. The quantitative estimate of drug-likeness (QED) is 0.640. The van der Waals surface area contributed by atoms with Gasteiger partial charge in [0.25, 0.3) is 0 Å². The number of para-hydroxylation sites is 2. The highest BCUT2D eigenvalue weighted by molar-refractivity contribution is 7.13. The number of nitrogens with zero attached hydrogens (tertiary/aromatic N) is 3. The van der Waals surface area contributed by atoms with E-state index in [2.05, 4.69) is 26.6 Å². The molecule has 4 rings (SSSR count). The molecular formula is C24H33N5O3S. The van der Waals surface area contributed by atoms with Crippen molar-refractivity contribution in [3.8, 4) is 5.75 Å². The van der Waals surface area contributed by atoms with Gasteiger partial charge < -0.3 is 19.9 Å². The Morgan fingerprint density at radius 3 is 2.64 bits per heavy atom. The maximum Gasteiger partial charge on any atom is 0.321 e. The van der Waals surface area contributed by atoms with Gasteiger partial charge in [-0.05, 0) is 31.4 Å². The van der Waals surface area contributed by atoms with Crippen molar-refractivity contribution >= 4 is 34.1 Å². The lowest BCUT2D eigenvalue weighted by Crippen LogP contribution is -2.48. The number of hydrogen-bond donors (Lipinski definition) is 2. The Bertz CT molecular complexity index is 936. The molecule has 1 aliphatic carbocycles. The van der Waals surface area contributed by atoms with Crippen molar-refractivity contribution in [1.29, 1.82) is 0 Å². The molecule has 0 radical (unpaired) electrons. The van der Waals surface area contributed by atoms with Crippen LogP contribution in [0, 0.1) is 0 Å². The van der Waals surface area contributed by atoms with Gasteiger partial charge in [0.05, 0.1) is 18.5 Å². The molecule has 0 spiro atoms. The zero-order valence-electron chi connectivity index (χ0n) is 19.2. The van der Waals surface area contributed by atoms with Crippen molar-refractivity contribution in [2.24, 2.45) is 0 Å². The minimum absolute atomic E-state index is 0.146. The lowest BCUT2D eigenvalue weighted by Gasteiger charge is -2.36. The van der Waals surface area contributed by atoms with Gasteiger partial charge in [0.1, 0.15) is 5.75 Å². The van der Waals surface area contributed by atoms with Gasteiger partial charge in [0, 0.05) is 44.0 Å². The zero-order valence-corrected chi connectivity index (χ0v) is 20.0. The van der Waals surface area contributed by atoms with Crippen LogP contribution in [0.5, 0.6) is 5.75 Å². The summed E-state index contributed by atoms with van der Waals surface area (Å²) in [5.41, 5.74) is 1.91. The first-order valence-electron chi connectivity index (χ1n) is 11.8. The molecule has 1 aromatic carbocycles. The number of hydrogen-bond acceptors (Lipinski definition) is 6. The molecule has 1 aliphatic heterocycles. The standard InChI is InChI=1S/C24H33N5O3S/c1-32-21-10-6-5-9-20(21)28-13-15-29(16-14-28)22(30)12-11-19-17-33-24(26-19)27-23(31)25-18-7-3-2-4-8-18/h5-6,9-10,17-18H,2-4,7-8,11-16H2,1H3,(H2,25,26,27,31). The summed E-state index contributed by atoms with van der Waals surface area (Å²) >= 11 is 1.40. The van der Waals surface area contributed by atoms with E-state index in [1.54, 1.807) is 7.11 Å². The number of carbonyl (C=O) groups excluding carboxylic acids is 2. The molecule has 0 atom stereocenters. The van der Waals surface area contributed by atoms with Crippen LogP contribution in [-0.4, -0.2) is 61.2 Å². The fraction of sp³-hybridized carbons (Fsp3) is 0.542. The van der Waals surface area contributed by atoms with E-state index in [1.165, 1.54) is 30.6 Å². The van der Waals surface area contributed by atoms with Gasteiger partial charge >= 0.3 is 6.03 Å². The third-order valence-corrected chi connectivity index (χ3v) is 7.17. The van der Waals surface area contributed by atoms with Gasteiger partial charge in [-0.1, -0.05) is 31.4 Å². The minimum atomic E-state index is -0.188. The van der Waals surface area contributed by atoms with Crippen LogP contribution in [0.1, 0.15) is 44.2 Å². The molecular weight excluding hydrogens is 438 g/mol. The van der Waals surface area contributed by atoms with Crippen LogP contribution in [0.2, 0.25) is 0 Å². The fourth-order valence-corrected chi connectivity index (χ4v) is 5.27. The maximum absolute atomic E-state index is 12.7. The summed E-state index contributed by atoms with van der Waals surface area (Å²) in [6, 6.07) is 8.06. The molecule has 0 bridgehead atoms. The van der Waals surface area contributed by atoms with E-state index in [-0.39, 0.29) is 18.0 Å². The van der Waals surface area contributed by atoms with Gasteiger partial charge in [0.2, 0.25) is 5.91 Å². The molecule has 33 heavy (non-hydrogen) atoms. The van der Waals surface area contributed by atoms with Gasteiger partial charge in [-0.15, -0.1) is 11.3 Å². The van der Waals surface area contributed by atoms with Gasteiger partial charge in [-0.2, -0.15) is 0 Å². The maximum atomic E-state index is 12.7. The number of nitrogens with one attached hydrogen (secondary N) is 2. The second kappa shape index (κ2) is 11.4. The van der Waals surface area contributed by atoms with Crippen molar-refractivity contribution in [2.45, 2.75) is 51.0 Å². The van der Waals surface area contributed by atoms with Crippen LogP contribution in [0.25, 0.3) is 0 Å². The number of rotatable bonds is 7. The van der Waals surface area contributed by atoms with Crippen molar-refractivity contribution in [3.63, 3.8) is 0 Å². The first-order valence-corrected chi connectivity index (χ1v) is 12.7. The number of aryl methyl sites for hydroxylation is 1. The molecule has 1 saturated carbocycles. The Morgan fingerprint density at radius 2 is 1.88 bits per heavy atom. The zero-order chi connectivity index (χ0) is 23.0. The summed E-state index contributed by atoms with van der Waals surface area (Å²) in [6.45, 7) is 2.96. The summed E-state index contributed by atoms with van der Waals surface area (Å²) in [6.07, 6.45) is 6.70. The van der Waals surface area contributed by atoms with E-state index in [0.29, 0.717) is 31.1 Å². The third kappa shape index (κ3) is 6.37. The normalized spacial score (nSPS) is 17.0. The third-order valence-electron chi connectivity index (χ3n) is 6.37. The number of methoxy groups -OCH3 is 1. The molecule has 2 N–H and O–H groups in total. The van der Waals surface area contributed by atoms with E-state index in [4.69, 9.17) is 4.74 Å². The van der Waals surface area contributed by atoms with E-state index in [1.807, 2.05) is 28.5 Å². The molecule has 2 aliphatic rings. The van der Waals surface area contributed by atoms with E-state index < -0.39 is 0 Å². The van der Waals surface area contributed by atoms with E-state index in [9.17, 15) is 9.59 Å². The van der Waals surface area contributed by atoms with Crippen LogP contribution in [0.3, 0.4) is 0 Å². The van der Waals surface area contributed by atoms with E-state index in [0.717, 1.165) is 43.1 Å². The summed E-state index contributed by atoms with van der Waals surface area (Å²) in [7, 11) is 1.68. The van der Waals surface area contributed by atoms with Gasteiger partial charge in [0.15, 0.2) is 5.13 Å². The van der Waals surface area contributed by atoms with Gasteiger partial charge in [-0.25, -0.2) is 9.78 Å². The number of thiazole rings is 1. The Labute approximate surface area is 199 Å². The van der Waals surface area contributed by atoms with Crippen LogP contribution in [0.4, 0.5) is 15.6 Å². The SMILES string of the molecule is COc1ccccc1N1CCN(C(=O)CCc2csc(NC(=O)NC3CCCCC3)n2)CC1. The van der Waals surface area contributed by atoms with Crippen LogP contribution < -0.4 is 20.3 Å². The van der Waals surface area contributed by atoms with Crippen molar-refractivity contribution in [1.82, 2.24) is 15.2 Å². The largest absolute Gasteiger partial charge is 0.495 e. The van der Waals surface area contributed by atoms with E-state index >= 15 is 0 Å². The molecule has 9 heteroatoms. The number of carbonyl (C=O) groups is 2. The smallest absolute Gasteiger partial charge is 0.321 e. The van der Waals surface area contributed by atoms with Crippen molar-refractivity contribution in [3.05, 3.63) is 35.3 Å². The lowest BCUT2D eigenvalue weighted by molar-refractivity contribution is -0.131. The Balaban J connectivity index is 1.20. The Hall–Kier alpha value is -2.81. The Kier molecular flexibility index (Phi) is 8.04. The van der Waals surface area contributed by atoms with Crippen LogP contribution in [-0.2, 0) is 11.2 Å². The summed E-state index contributed by atoms with van der Waals surface area (Å²) in [5, 5.41) is 8.37. The highest BCUT2D eigenvalue weighted by atomic mass is 32.1. The highest BCUT2D eigenvalue weighted by Crippen LogP contribution is 2.28. The van der Waals surface area contributed by atoms with Crippen LogP contribution in [0.15, 0.2) is 29.6 Å². The summed E-state index contributed by atoms with van der Waals surface area (Å²) < 4.78 is 5.47. The average Bonchev–Trinajstić information content (AvgIpc) is 3.30. The summed E-state index contributed by atoms with van der Waals surface area (Å²) in [4.78, 5) is 33.6. The Morgan fingerprint density at radius 1 is 1.12 bits per heavy atom. The number of ether oxygens (including phenoxy) is 1. The minimum Gasteiger partial charge on any atom is -0.495 e. The monoisotopic (exact) mass is 471 g/mol. The highest BCUT2D eigenvalue weighted by Gasteiger charge is 2.23. The molecule has 1 aromatic heterocycles. The predicted octanol–water partition coefficient (Wildman–Crippen LogP) is 3.89.